The van der Waals surface area contributed by atoms with Gasteiger partial charge in [-0.05, 0) is 25.2 Å². The number of hydrogen-bond acceptors (Lipinski definition) is 5. The average molecular weight is 297 g/mol. The Balaban J connectivity index is 2.14. The lowest BCUT2D eigenvalue weighted by Gasteiger charge is -2.23. The Morgan fingerprint density at radius 1 is 1.29 bits per heavy atom. The summed E-state index contributed by atoms with van der Waals surface area (Å²) in [5.74, 6) is -3.14. The highest BCUT2D eigenvalue weighted by molar-refractivity contribution is 6.08. The molecule has 1 aliphatic carbocycles. The number of carboxylic acid groups (broad SMARTS) is 1. The van der Waals surface area contributed by atoms with Crippen molar-refractivity contribution in [2.75, 3.05) is 7.11 Å². The Hall–Kier alpha value is -1.92. The van der Waals surface area contributed by atoms with Crippen LogP contribution in [-0.2, 0) is 23.9 Å². The van der Waals surface area contributed by atoms with Crippen molar-refractivity contribution in [3.8, 4) is 0 Å². The molecule has 7 heteroatoms. The molecule has 0 bridgehead atoms. The fourth-order valence-electron chi connectivity index (χ4n) is 3.33. The van der Waals surface area contributed by atoms with Gasteiger partial charge in [0.1, 0.15) is 6.04 Å². The van der Waals surface area contributed by atoms with Crippen LogP contribution in [0.15, 0.2) is 0 Å². The first kappa shape index (κ1) is 15.5. The summed E-state index contributed by atoms with van der Waals surface area (Å²) in [6, 6.07) is -1.29. The molecule has 0 aromatic rings. The molecule has 0 aromatic heterocycles. The molecule has 2 fully saturated rings. The summed E-state index contributed by atoms with van der Waals surface area (Å²) >= 11 is 0. The maximum absolute atomic E-state index is 12.3. The molecular weight excluding hydrogens is 278 g/mol. The summed E-state index contributed by atoms with van der Waals surface area (Å²) in [6.07, 6.45) is 0.981. The molecular formula is C14H19NO6. The third kappa shape index (κ3) is 2.77. The van der Waals surface area contributed by atoms with E-state index in [1.807, 2.05) is 6.92 Å². The van der Waals surface area contributed by atoms with Crippen LogP contribution in [0.25, 0.3) is 0 Å². The molecule has 1 heterocycles. The van der Waals surface area contributed by atoms with Crippen molar-refractivity contribution >= 4 is 23.8 Å². The lowest BCUT2D eigenvalue weighted by atomic mass is 10.00. The van der Waals surface area contributed by atoms with E-state index < -0.39 is 41.6 Å². The Kier molecular flexibility index (Phi) is 4.29. The fraction of sp³-hybridized carbons (Fsp3) is 0.714. The molecule has 7 nitrogen and oxygen atoms in total. The normalized spacial score (nSPS) is 29.4. The van der Waals surface area contributed by atoms with E-state index in [2.05, 4.69) is 4.74 Å². The van der Waals surface area contributed by atoms with Crippen molar-refractivity contribution in [2.45, 2.75) is 38.6 Å². The first-order valence-corrected chi connectivity index (χ1v) is 7.03. The van der Waals surface area contributed by atoms with Crippen LogP contribution in [0.3, 0.4) is 0 Å². The van der Waals surface area contributed by atoms with Crippen LogP contribution in [0, 0.1) is 17.8 Å². The van der Waals surface area contributed by atoms with Gasteiger partial charge in [-0.3, -0.25) is 19.3 Å². The number of methoxy groups -OCH3 is 1. The van der Waals surface area contributed by atoms with Gasteiger partial charge in [0.25, 0.3) is 0 Å². The van der Waals surface area contributed by atoms with Crippen molar-refractivity contribution in [2.24, 2.45) is 17.8 Å². The number of imide groups is 1. The van der Waals surface area contributed by atoms with E-state index in [1.165, 1.54) is 7.11 Å². The number of aliphatic carboxylic acids is 1. The second-order valence-electron chi connectivity index (χ2n) is 5.80. The molecule has 21 heavy (non-hydrogen) atoms. The second-order valence-corrected chi connectivity index (χ2v) is 5.80. The third-order valence-electron chi connectivity index (χ3n) is 4.35. The maximum atomic E-state index is 12.3. The zero-order valence-electron chi connectivity index (χ0n) is 12.1. The van der Waals surface area contributed by atoms with Crippen LogP contribution < -0.4 is 0 Å². The van der Waals surface area contributed by atoms with Gasteiger partial charge in [0.15, 0.2) is 0 Å². The highest BCUT2D eigenvalue weighted by Gasteiger charge is 2.54. The van der Waals surface area contributed by atoms with Gasteiger partial charge in [-0.25, -0.2) is 4.79 Å². The summed E-state index contributed by atoms with van der Waals surface area (Å²) in [7, 11) is 1.20. The Labute approximate surface area is 122 Å². The van der Waals surface area contributed by atoms with E-state index in [0.717, 1.165) is 4.90 Å². The SMILES string of the molecule is COC(=O)CCC(C(=O)O)N1C(=O)C2CC(C)CC2C1=O. The summed E-state index contributed by atoms with van der Waals surface area (Å²) in [5.41, 5.74) is 0. The lowest BCUT2D eigenvalue weighted by Crippen LogP contribution is -2.46. The first-order valence-electron chi connectivity index (χ1n) is 7.03. The van der Waals surface area contributed by atoms with Crippen LogP contribution in [0.4, 0.5) is 0 Å². The van der Waals surface area contributed by atoms with Gasteiger partial charge in [0, 0.05) is 6.42 Å². The molecule has 0 aromatic carbocycles. The first-order chi connectivity index (χ1) is 9.86. The number of carbonyl (C=O) groups excluding carboxylic acids is 3. The molecule has 116 valence electrons. The molecule has 0 radical (unpaired) electrons. The van der Waals surface area contributed by atoms with Crippen LogP contribution in [0.5, 0.6) is 0 Å². The predicted molar refractivity (Wildman–Crippen MR) is 69.9 cm³/mol. The molecule has 1 saturated heterocycles. The van der Waals surface area contributed by atoms with Crippen LogP contribution in [0.1, 0.15) is 32.6 Å². The van der Waals surface area contributed by atoms with Gasteiger partial charge in [-0.15, -0.1) is 0 Å². The van der Waals surface area contributed by atoms with Crippen molar-refractivity contribution in [3.05, 3.63) is 0 Å². The summed E-state index contributed by atoms with van der Waals surface area (Å²) in [6.45, 7) is 1.98. The van der Waals surface area contributed by atoms with E-state index in [4.69, 9.17) is 0 Å². The van der Waals surface area contributed by atoms with E-state index >= 15 is 0 Å². The minimum Gasteiger partial charge on any atom is -0.480 e. The number of hydrogen-bond donors (Lipinski definition) is 1. The molecule has 1 saturated carbocycles. The number of amides is 2. The van der Waals surface area contributed by atoms with Gasteiger partial charge < -0.3 is 9.84 Å². The molecule has 3 atom stereocenters. The van der Waals surface area contributed by atoms with Crippen LogP contribution in [-0.4, -0.2) is 46.9 Å². The average Bonchev–Trinajstić information content (AvgIpc) is 2.91. The standard InChI is InChI=1S/C14H19NO6/c1-7-5-8-9(6-7)13(18)15(12(8)17)10(14(19)20)3-4-11(16)21-2/h7-10H,3-6H2,1-2H3,(H,19,20). The number of rotatable bonds is 5. The summed E-state index contributed by atoms with van der Waals surface area (Å²) in [4.78, 5) is 48.0. The molecule has 2 rings (SSSR count). The minimum absolute atomic E-state index is 0.117. The largest absolute Gasteiger partial charge is 0.480 e. The molecule has 3 unspecified atom stereocenters. The van der Waals surface area contributed by atoms with E-state index in [-0.39, 0.29) is 12.8 Å². The van der Waals surface area contributed by atoms with Crippen LogP contribution >= 0.6 is 0 Å². The third-order valence-corrected chi connectivity index (χ3v) is 4.35. The number of esters is 1. The molecule has 1 aliphatic heterocycles. The van der Waals surface area contributed by atoms with Crippen molar-refractivity contribution in [1.82, 2.24) is 4.90 Å². The summed E-state index contributed by atoms with van der Waals surface area (Å²) in [5, 5.41) is 9.27. The number of likely N-dealkylation sites (tertiary alicyclic amines) is 1. The second kappa shape index (κ2) is 5.83. The van der Waals surface area contributed by atoms with E-state index in [0.29, 0.717) is 18.8 Å². The predicted octanol–water partition coefficient (Wildman–Crippen LogP) is 0.424. The smallest absolute Gasteiger partial charge is 0.326 e. The molecule has 2 aliphatic rings. The van der Waals surface area contributed by atoms with E-state index in [9.17, 15) is 24.3 Å². The van der Waals surface area contributed by atoms with Gasteiger partial charge >= 0.3 is 11.9 Å². The van der Waals surface area contributed by atoms with Crippen molar-refractivity contribution in [1.29, 1.82) is 0 Å². The fourth-order valence-corrected chi connectivity index (χ4v) is 3.33. The zero-order chi connectivity index (χ0) is 15.7. The highest BCUT2D eigenvalue weighted by Crippen LogP contribution is 2.43. The number of nitrogens with zero attached hydrogens (tertiary/aromatic N) is 1. The van der Waals surface area contributed by atoms with Crippen molar-refractivity contribution < 1.29 is 29.0 Å². The zero-order valence-corrected chi connectivity index (χ0v) is 12.1. The highest BCUT2D eigenvalue weighted by atomic mass is 16.5. The maximum Gasteiger partial charge on any atom is 0.326 e. The van der Waals surface area contributed by atoms with Gasteiger partial charge in [-0.1, -0.05) is 6.92 Å². The van der Waals surface area contributed by atoms with Crippen molar-refractivity contribution in [3.63, 3.8) is 0 Å². The number of carbonyl (C=O) groups is 4. The number of carboxylic acids is 1. The quantitative estimate of drug-likeness (QED) is 0.583. The lowest BCUT2D eigenvalue weighted by molar-refractivity contribution is -0.156. The monoisotopic (exact) mass is 297 g/mol. The van der Waals surface area contributed by atoms with Crippen LogP contribution in [0.2, 0.25) is 0 Å². The van der Waals surface area contributed by atoms with Gasteiger partial charge in [0.05, 0.1) is 18.9 Å². The number of fused-ring (bicyclic) bond motifs is 1. The Morgan fingerprint density at radius 2 is 1.81 bits per heavy atom. The molecule has 2 amide bonds. The minimum atomic E-state index is -1.29. The van der Waals surface area contributed by atoms with E-state index in [1.54, 1.807) is 0 Å². The van der Waals surface area contributed by atoms with Gasteiger partial charge in [0.2, 0.25) is 11.8 Å². The topological polar surface area (TPSA) is 101 Å². The Morgan fingerprint density at radius 3 is 2.24 bits per heavy atom. The molecule has 1 N–H and O–H groups in total. The summed E-state index contributed by atoms with van der Waals surface area (Å²) < 4.78 is 4.47. The molecule has 0 spiro atoms. The van der Waals surface area contributed by atoms with Gasteiger partial charge in [-0.2, -0.15) is 0 Å². The number of ether oxygens (including phenoxy) is 1. The Bertz CT molecular complexity index is 464.